The van der Waals surface area contributed by atoms with E-state index in [-0.39, 0.29) is 5.82 Å². The summed E-state index contributed by atoms with van der Waals surface area (Å²) in [5.41, 5.74) is -0.351. The lowest BCUT2D eigenvalue weighted by molar-refractivity contribution is -0.152. The summed E-state index contributed by atoms with van der Waals surface area (Å²) in [7, 11) is 0. The minimum absolute atomic E-state index is 0.296. The Morgan fingerprint density at radius 3 is 2.44 bits per heavy atom. The van der Waals surface area contributed by atoms with Gasteiger partial charge in [0.25, 0.3) is 0 Å². The van der Waals surface area contributed by atoms with Crippen LogP contribution in [-0.2, 0) is 15.1 Å². The summed E-state index contributed by atoms with van der Waals surface area (Å²) in [5.74, 6) is -0.907. The molecule has 3 heteroatoms. The molecule has 0 aliphatic rings. The van der Waals surface area contributed by atoms with Gasteiger partial charge in [-0.15, -0.1) is 0 Å². The van der Waals surface area contributed by atoms with Gasteiger partial charge in [0.2, 0.25) is 0 Å². The van der Waals surface area contributed by atoms with Crippen molar-refractivity contribution in [1.29, 1.82) is 0 Å². The van der Waals surface area contributed by atoms with Crippen molar-refractivity contribution in [2.24, 2.45) is 0 Å². The predicted octanol–water partition coefficient (Wildman–Crippen LogP) is 3.18. The molecular formula is C13H15FO2. The molecule has 0 spiro atoms. The van der Waals surface area contributed by atoms with E-state index in [1.54, 1.807) is 39.0 Å². The van der Waals surface area contributed by atoms with Crippen molar-refractivity contribution in [2.75, 3.05) is 0 Å². The van der Waals surface area contributed by atoms with Gasteiger partial charge in [-0.1, -0.05) is 24.8 Å². The number of hydrogen-bond acceptors (Lipinski definition) is 2. The lowest BCUT2D eigenvalue weighted by atomic mass is 9.97. The van der Waals surface area contributed by atoms with Gasteiger partial charge < -0.3 is 4.74 Å². The van der Waals surface area contributed by atoms with E-state index in [9.17, 15) is 9.18 Å². The van der Waals surface area contributed by atoms with Crippen LogP contribution in [0, 0.1) is 5.82 Å². The maximum absolute atomic E-state index is 13.5. The Bertz CT molecular complexity index is 422. The smallest absolute Gasteiger partial charge is 0.333 e. The van der Waals surface area contributed by atoms with E-state index >= 15 is 0 Å². The summed E-state index contributed by atoms with van der Waals surface area (Å²) in [5, 5.41) is 0. The molecular weight excluding hydrogens is 207 g/mol. The van der Waals surface area contributed by atoms with Gasteiger partial charge in [-0.2, -0.15) is 0 Å². The quantitative estimate of drug-likeness (QED) is 0.580. The third-order valence-corrected chi connectivity index (χ3v) is 2.22. The summed E-state index contributed by atoms with van der Waals surface area (Å²) in [6.07, 6.45) is 0. The van der Waals surface area contributed by atoms with E-state index < -0.39 is 11.6 Å². The van der Waals surface area contributed by atoms with Crippen molar-refractivity contribution < 1.29 is 13.9 Å². The molecule has 0 heterocycles. The van der Waals surface area contributed by atoms with Gasteiger partial charge >= 0.3 is 5.97 Å². The van der Waals surface area contributed by atoms with Gasteiger partial charge in [-0.25, -0.2) is 9.18 Å². The highest BCUT2D eigenvalue weighted by atomic mass is 19.1. The highest BCUT2D eigenvalue weighted by Crippen LogP contribution is 2.27. The Hall–Kier alpha value is -1.64. The van der Waals surface area contributed by atoms with Gasteiger partial charge in [0.15, 0.2) is 0 Å². The topological polar surface area (TPSA) is 26.3 Å². The van der Waals surface area contributed by atoms with E-state index in [1.807, 2.05) is 0 Å². The zero-order valence-electron chi connectivity index (χ0n) is 9.71. The average Bonchev–Trinajstić information content (AvgIpc) is 2.17. The van der Waals surface area contributed by atoms with Gasteiger partial charge in [-0.05, 0) is 26.8 Å². The van der Waals surface area contributed by atoms with Gasteiger partial charge in [0.1, 0.15) is 11.4 Å². The molecule has 86 valence electrons. The fourth-order valence-corrected chi connectivity index (χ4v) is 1.32. The molecule has 1 rings (SSSR count). The third kappa shape index (κ3) is 2.69. The Morgan fingerprint density at radius 1 is 1.38 bits per heavy atom. The normalized spacial score (nSPS) is 11.0. The second-order valence-corrected chi connectivity index (χ2v) is 4.16. The molecule has 0 fully saturated rings. The highest BCUT2D eigenvalue weighted by Gasteiger charge is 2.28. The zero-order valence-corrected chi connectivity index (χ0v) is 9.71. The molecule has 0 saturated carbocycles. The molecule has 0 saturated heterocycles. The minimum atomic E-state index is -0.999. The van der Waals surface area contributed by atoms with Crippen molar-refractivity contribution in [3.05, 3.63) is 47.8 Å². The summed E-state index contributed by atoms with van der Waals surface area (Å²) in [4.78, 5) is 11.4. The summed E-state index contributed by atoms with van der Waals surface area (Å²) >= 11 is 0. The van der Waals surface area contributed by atoms with E-state index in [4.69, 9.17) is 4.74 Å². The van der Waals surface area contributed by atoms with E-state index in [0.717, 1.165) is 0 Å². The van der Waals surface area contributed by atoms with Crippen LogP contribution in [-0.4, -0.2) is 5.97 Å². The van der Waals surface area contributed by atoms with Crippen LogP contribution < -0.4 is 0 Å². The molecule has 0 N–H and O–H groups in total. The Labute approximate surface area is 94.7 Å². The van der Waals surface area contributed by atoms with E-state index in [0.29, 0.717) is 11.1 Å². The second-order valence-electron chi connectivity index (χ2n) is 4.16. The molecule has 0 radical (unpaired) electrons. The number of carbonyl (C=O) groups is 1. The fourth-order valence-electron chi connectivity index (χ4n) is 1.32. The number of rotatable bonds is 3. The average molecular weight is 222 g/mol. The van der Waals surface area contributed by atoms with Crippen LogP contribution in [0.5, 0.6) is 0 Å². The lowest BCUT2D eigenvalue weighted by Crippen LogP contribution is -2.27. The second kappa shape index (κ2) is 4.47. The third-order valence-electron chi connectivity index (χ3n) is 2.22. The SMILES string of the molecule is C=C(C)C(=O)OC(C)(C)c1ccccc1F. The number of esters is 1. The van der Waals surface area contributed by atoms with Crippen LogP contribution >= 0.6 is 0 Å². The predicted molar refractivity (Wildman–Crippen MR) is 60.3 cm³/mol. The zero-order chi connectivity index (χ0) is 12.3. The van der Waals surface area contributed by atoms with Gasteiger partial charge in [0, 0.05) is 11.1 Å². The van der Waals surface area contributed by atoms with Gasteiger partial charge in [0.05, 0.1) is 0 Å². The first kappa shape index (κ1) is 12.4. The standard InChI is InChI=1S/C13H15FO2/c1-9(2)12(15)16-13(3,4)10-7-5-6-8-11(10)14/h5-8H,1H2,2-4H3. The first-order valence-electron chi connectivity index (χ1n) is 4.98. The molecule has 0 unspecified atom stereocenters. The lowest BCUT2D eigenvalue weighted by Gasteiger charge is -2.26. The van der Waals surface area contributed by atoms with Crippen molar-refractivity contribution in [3.63, 3.8) is 0 Å². The van der Waals surface area contributed by atoms with Crippen molar-refractivity contribution in [1.82, 2.24) is 0 Å². The first-order valence-corrected chi connectivity index (χ1v) is 4.98. The molecule has 0 aliphatic carbocycles. The van der Waals surface area contributed by atoms with Crippen LogP contribution in [0.2, 0.25) is 0 Å². The van der Waals surface area contributed by atoms with Crippen LogP contribution in [0.1, 0.15) is 26.3 Å². The van der Waals surface area contributed by atoms with Gasteiger partial charge in [-0.3, -0.25) is 0 Å². The molecule has 0 bridgehead atoms. The van der Waals surface area contributed by atoms with E-state index in [1.165, 1.54) is 6.07 Å². The Balaban J connectivity index is 2.98. The summed E-state index contributed by atoms with van der Waals surface area (Å²) in [6, 6.07) is 6.23. The van der Waals surface area contributed by atoms with Crippen LogP contribution in [0.25, 0.3) is 0 Å². The molecule has 2 nitrogen and oxygen atoms in total. The largest absolute Gasteiger partial charge is 0.451 e. The molecule has 0 aromatic heterocycles. The first-order chi connectivity index (χ1) is 7.34. The molecule has 1 aromatic rings. The molecule has 0 aliphatic heterocycles. The Kier molecular flexibility index (Phi) is 3.48. The maximum atomic E-state index is 13.5. The maximum Gasteiger partial charge on any atom is 0.333 e. The summed E-state index contributed by atoms with van der Waals surface area (Å²) < 4.78 is 18.7. The molecule has 0 atom stereocenters. The fraction of sp³-hybridized carbons (Fsp3) is 0.308. The highest BCUT2D eigenvalue weighted by molar-refractivity contribution is 5.87. The monoisotopic (exact) mass is 222 g/mol. The number of benzene rings is 1. The Morgan fingerprint density at radius 2 is 1.94 bits per heavy atom. The summed E-state index contributed by atoms with van der Waals surface area (Å²) in [6.45, 7) is 8.33. The number of ether oxygens (including phenoxy) is 1. The number of hydrogen-bond donors (Lipinski definition) is 0. The van der Waals surface area contributed by atoms with Crippen LogP contribution in [0.3, 0.4) is 0 Å². The number of carbonyl (C=O) groups excluding carboxylic acids is 1. The van der Waals surface area contributed by atoms with E-state index in [2.05, 4.69) is 6.58 Å². The van der Waals surface area contributed by atoms with Crippen LogP contribution in [0.15, 0.2) is 36.4 Å². The molecule has 1 aromatic carbocycles. The molecule has 0 amide bonds. The van der Waals surface area contributed by atoms with Crippen molar-refractivity contribution >= 4 is 5.97 Å². The number of halogens is 1. The van der Waals surface area contributed by atoms with Crippen LogP contribution in [0.4, 0.5) is 4.39 Å². The van der Waals surface area contributed by atoms with Crippen molar-refractivity contribution in [3.8, 4) is 0 Å². The van der Waals surface area contributed by atoms with Crippen molar-refractivity contribution in [2.45, 2.75) is 26.4 Å². The minimum Gasteiger partial charge on any atom is -0.451 e. The molecule has 16 heavy (non-hydrogen) atoms.